The van der Waals surface area contributed by atoms with Crippen molar-refractivity contribution in [2.45, 2.75) is 39.9 Å². The Morgan fingerprint density at radius 3 is 2.80 bits per heavy atom. The van der Waals surface area contributed by atoms with Gasteiger partial charge in [-0.3, -0.25) is 4.79 Å². The van der Waals surface area contributed by atoms with Crippen LogP contribution in [0.4, 0.5) is 0 Å². The number of hydrogen-bond donors (Lipinski definition) is 0. The lowest BCUT2D eigenvalue weighted by molar-refractivity contribution is 0.0650. The zero-order valence-electron chi connectivity index (χ0n) is 14.8. The van der Waals surface area contributed by atoms with Crippen LogP contribution in [-0.2, 0) is 13.1 Å². The largest absolute Gasteiger partial charge is 0.459 e. The summed E-state index contributed by atoms with van der Waals surface area (Å²) in [6.45, 7) is 7.25. The number of rotatable bonds is 6. The summed E-state index contributed by atoms with van der Waals surface area (Å²) in [5.74, 6) is 1.09. The first-order chi connectivity index (χ1) is 12.0. The minimum atomic E-state index is -0.120. The van der Waals surface area contributed by atoms with Crippen LogP contribution >= 0.6 is 0 Å². The molecule has 5 nitrogen and oxygen atoms in total. The highest BCUT2D eigenvalue weighted by Gasteiger charge is 2.22. The molecule has 0 spiro atoms. The van der Waals surface area contributed by atoms with Crippen LogP contribution in [0, 0.1) is 6.92 Å². The number of carbonyl (C=O) groups is 1. The number of benzene rings is 1. The molecule has 0 N–H and O–H groups in total. The SMILES string of the molecule is Cc1cccc(Cn2ccnc2CN(C(=O)c2ccco2)C(C)C)c1. The smallest absolute Gasteiger partial charge is 0.290 e. The molecule has 130 valence electrons. The number of aryl methyl sites for hydroxylation is 1. The number of furan rings is 1. The maximum Gasteiger partial charge on any atom is 0.290 e. The van der Waals surface area contributed by atoms with Crippen molar-refractivity contribution in [1.82, 2.24) is 14.5 Å². The average molecular weight is 337 g/mol. The first kappa shape index (κ1) is 17.0. The molecule has 0 saturated carbocycles. The predicted molar refractivity (Wildman–Crippen MR) is 96.2 cm³/mol. The van der Waals surface area contributed by atoms with E-state index in [1.54, 1.807) is 23.2 Å². The summed E-state index contributed by atoms with van der Waals surface area (Å²) in [6.07, 6.45) is 5.25. The van der Waals surface area contributed by atoms with E-state index in [9.17, 15) is 4.79 Å². The lowest BCUT2D eigenvalue weighted by Gasteiger charge is -2.25. The lowest BCUT2D eigenvalue weighted by Crippen LogP contribution is -2.37. The molecule has 0 bridgehead atoms. The highest BCUT2D eigenvalue weighted by atomic mass is 16.3. The Hall–Kier alpha value is -2.82. The van der Waals surface area contributed by atoms with Gasteiger partial charge in [-0.05, 0) is 38.5 Å². The number of hydrogen-bond acceptors (Lipinski definition) is 3. The summed E-state index contributed by atoms with van der Waals surface area (Å²) >= 11 is 0. The number of nitrogens with zero attached hydrogens (tertiary/aromatic N) is 3. The Morgan fingerprint density at radius 2 is 2.12 bits per heavy atom. The first-order valence-corrected chi connectivity index (χ1v) is 8.44. The van der Waals surface area contributed by atoms with Crippen LogP contribution in [0.2, 0.25) is 0 Å². The van der Waals surface area contributed by atoms with Gasteiger partial charge in [-0.25, -0.2) is 4.98 Å². The topological polar surface area (TPSA) is 51.3 Å². The van der Waals surface area contributed by atoms with E-state index in [1.165, 1.54) is 17.4 Å². The second-order valence-corrected chi connectivity index (χ2v) is 6.46. The minimum Gasteiger partial charge on any atom is -0.459 e. The number of imidazole rings is 1. The van der Waals surface area contributed by atoms with E-state index in [2.05, 4.69) is 40.7 Å². The molecule has 0 fully saturated rings. The van der Waals surface area contributed by atoms with E-state index in [4.69, 9.17) is 4.42 Å². The molecule has 5 heteroatoms. The average Bonchev–Trinajstić information content (AvgIpc) is 3.24. The van der Waals surface area contributed by atoms with Crippen LogP contribution in [0.25, 0.3) is 0 Å². The summed E-state index contributed by atoms with van der Waals surface area (Å²) in [7, 11) is 0. The van der Waals surface area contributed by atoms with Gasteiger partial charge >= 0.3 is 0 Å². The van der Waals surface area contributed by atoms with Crippen LogP contribution in [0.1, 0.15) is 41.4 Å². The van der Waals surface area contributed by atoms with Crippen molar-refractivity contribution in [2.75, 3.05) is 0 Å². The lowest BCUT2D eigenvalue weighted by atomic mass is 10.1. The summed E-state index contributed by atoms with van der Waals surface area (Å²) in [5, 5.41) is 0. The van der Waals surface area contributed by atoms with Gasteiger partial charge in [-0.2, -0.15) is 0 Å². The highest BCUT2D eigenvalue weighted by molar-refractivity contribution is 5.91. The maximum absolute atomic E-state index is 12.7. The predicted octanol–water partition coefficient (Wildman–Crippen LogP) is 3.88. The molecule has 0 aliphatic heterocycles. The third-order valence-electron chi connectivity index (χ3n) is 4.17. The van der Waals surface area contributed by atoms with E-state index in [-0.39, 0.29) is 11.9 Å². The third kappa shape index (κ3) is 3.99. The fraction of sp³-hybridized carbons (Fsp3) is 0.300. The fourth-order valence-electron chi connectivity index (χ4n) is 2.83. The standard InChI is InChI=1S/C20H23N3O2/c1-15(2)23(20(24)18-8-5-11-25-18)14-19-21-9-10-22(19)13-17-7-4-6-16(3)12-17/h4-12,15H,13-14H2,1-3H3. The quantitative estimate of drug-likeness (QED) is 0.686. The molecule has 1 amide bonds. The van der Waals surface area contributed by atoms with E-state index in [0.717, 1.165) is 12.4 Å². The maximum atomic E-state index is 12.7. The molecule has 25 heavy (non-hydrogen) atoms. The van der Waals surface area contributed by atoms with E-state index >= 15 is 0 Å². The molecule has 3 rings (SSSR count). The van der Waals surface area contributed by atoms with Crippen molar-refractivity contribution in [3.8, 4) is 0 Å². The van der Waals surface area contributed by atoms with Crippen molar-refractivity contribution in [3.05, 3.63) is 77.8 Å². The van der Waals surface area contributed by atoms with Gasteiger partial charge in [0.2, 0.25) is 0 Å². The Labute approximate surface area is 147 Å². The Morgan fingerprint density at radius 1 is 1.28 bits per heavy atom. The van der Waals surface area contributed by atoms with Gasteiger partial charge in [0, 0.05) is 25.0 Å². The van der Waals surface area contributed by atoms with Gasteiger partial charge in [0.05, 0.1) is 12.8 Å². The Balaban J connectivity index is 1.80. The molecule has 0 atom stereocenters. The molecule has 0 saturated heterocycles. The van der Waals surface area contributed by atoms with Gasteiger partial charge in [0.1, 0.15) is 5.82 Å². The monoisotopic (exact) mass is 337 g/mol. The van der Waals surface area contributed by atoms with Crippen molar-refractivity contribution in [1.29, 1.82) is 0 Å². The van der Waals surface area contributed by atoms with Crippen LogP contribution in [0.5, 0.6) is 0 Å². The van der Waals surface area contributed by atoms with Gasteiger partial charge < -0.3 is 13.9 Å². The first-order valence-electron chi connectivity index (χ1n) is 8.44. The molecule has 0 unspecified atom stereocenters. The van der Waals surface area contributed by atoms with Crippen molar-refractivity contribution in [2.24, 2.45) is 0 Å². The zero-order valence-corrected chi connectivity index (χ0v) is 14.8. The Kier molecular flexibility index (Phi) is 5.03. The van der Waals surface area contributed by atoms with Crippen molar-refractivity contribution in [3.63, 3.8) is 0 Å². The van der Waals surface area contributed by atoms with Gasteiger partial charge in [0.25, 0.3) is 5.91 Å². The molecule has 0 aliphatic carbocycles. The summed E-state index contributed by atoms with van der Waals surface area (Å²) in [5.41, 5.74) is 2.45. The van der Waals surface area contributed by atoms with Crippen LogP contribution in [0.3, 0.4) is 0 Å². The van der Waals surface area contributed by atoms with Crippen LogP contribution in [0.15, 0.2) is 59.5 Å². The molecule has 0 radical (unpaired) electrons. The van der Waals surface area contributed by atoms with E-state index in [1.807, 2.05) is 20.0 Å². The van der Waals surface area contributed by atoms with Gasteiger partial charge in [-0.1, -0.05) is 29.8 Å². The van der Waals surface area contributed by atoms with E-state index in [0.29, 0.717) is 12.3 Å². The second-order valence-electron chi connectivity index (χ2n) is 6.46. The van der Waals surface area contributed by atoms with Crippen molar-refractivity contribution >= 4 is 5.91 Å². The fourth-order valence-corrected chi connectivity index (χ4v) is 2.83. The molecule has 1 aromatic carbocycles. The summed E-state index contributed by atoms with van der Waals surface area (Å²) in [4.78, 5) is 18.9. The Bertz CT molecular complexity index is 834. The highest BCUT2D eigenvalue weighted by Crippen LogP contribution is 2.15. The van der Waals surface area contributed by atoms with Gasteiger partial charge in [0.15, 0.2) is 5.76 Å². The number of amides is 1. The summed E-state index contributed by atoms with van der Waals surface area (Å²) < 4.78 is 7.35. The second kappa shape index (κ2) is 7.38. The minimum absolute atomic E-state index is 0.0433. The normalized spacial score (nSPS) is 11.0. The van der Waals surface area contributed by atoms with Crippen LogP contribution < -0.4 is 0 Å². The molecule has 0 aliphatic rings. The number of aromatic nitrogens is 2. The molecule has 2 aromatic heterocycles. The molecule has 2 heterocycles. The van der Waals surface area contributed by atoms with E-state index < -0.39 is 0 Å². The molecule has 3 aromatic rings. The summed E-state index contributed by atoms with van der Waals surface area (Å²) in [6, 6.07) is 11.9. The zero-order chi connectivity index (χ0) is 17.8. The van der Waals surface area contributed by atoms with Crippen molar-refractivity contribution < 1.29 is 9.21 Å². The van der Waals surface area contributed by atoms with Crippen LogP contribution in [-0.4, -0.2) is 26.4 Å². The third-order valence-corrected chi connectivity index (χ3v) is 4.17. The molecular weight excluding hydrogens is 314 g/mol. The van der Waals surface area contributed by atoms with Gasteiger partial charge in [-0.15, -0.1) is 0 Å². The number of carbonyl (C=O) groups excluding carboxylic acids is 1. The molecular formula is C20H23N3O2.